The maximum absolute atomic E-state index is 11.9. The maximum Gasteiger partial charge on any atom is 0.166 e. The van der Waals surface area contributed by atoms with Crippen molar-refractivity contribution >= 4 is 5.78 Å². The summed E-state index contributed by atoms with van der Waals surface area (Å²) in [5, 5.41) is 0. The van der Waals surface area contributed by atoms with Crippen LogP contribution in [0.2, 0.25) is 0 Å². The number of carbonyl (C=O) groups excluding carboxylic acids is 1. The molecule has 2 nitrogen and oxygen atoms in total. The van der Waals surface area contributed by atoms with Crippen molar-refractivity contribution in [2.45, 2.75) is 46.1 Å². The molecule has 1 aromatic heterocycles. The molecule has 1 aromatic rings. The lowest BCUT2D eigenvalue weighted by Gasteiger charge is -2.21. The average Bonchev–Trinajstić information content (AvgIpc) is 3.03. The molecular weight excluding hydrogens is 222 g/mol. The fourth-order valence-corrected chi connectivity index (χ4v) is 3.90. The zero-order valence-corrected chi connectivity index (χ0v) is 11.4. The summed E-state index contributed by atoms with van der Waals surface area (Å²) >= 11 is 0. The monoisotopic (exact) mass is 245 g/mol. The van der Waals surface area contributed by atoms with E-state index in [0.29, 0.717) is 0 Å². The molecule has 0 saturated heterocycles. The molecule has 2 fully saturated rings. The molecule has 0 N–H and O–H groups in total. The van der Waals surface area contributed by atoms with Crippen molar-refractivity contribution in [3.05, 3.63) is 24.0 Å². The Morgan fingerprint density at radius 3 is 2.83 bits per heavy atom. The molecule has 0 aliphatic heterocycles. The Morgan fingerprint density at radius 1 is 1.39 bits per heavy atom. The molecule has 2 aliphatic rings. The summed E-state index contributed by atoms with van der Waals surface area (Å²) in [4.78, 5) is 11.9. The molecule has 2 heteroatoms. The maximum atomic E-state index is 11.9. The molecule has 1 heterocycles. The van der Waals surface area contributed by atoms with Crippen LogP contribution in [0.5, 0.6) is 0 Å². The smallest absolute Gasteiger partial charge is 0.166 e. The normalized spacial score (nSPS) is 30.3. The van der Waals surface area contributed by atoms with Gasteiger partial charge in [-0.25, -0.2) is 0 Å². The van der Waals surface area contributed by atoms with E-state index in [1.54, 1.807) is 0 Å². The molecule has 2 saturated carbocycles. The zero-order chi connectivity index (χ0) is 12.7. The van der Waals surface area contributed by atoms with Gasteiger partial charge in [0, 0.05) is 30.4 Å². The Hall–Kier alpha value is -1.05. The van der Waals surface area contributed by atoms with Crippen molar-refractivity contribution in [3.8, 4) is 0 Å². The molecule has 0 aromatic carbocycles. The van der Waals surface area contributed by atoms with E-state index in [-0.39, 0.29) is 11.7 Å². The molecule has 2 aliphatic carbocycles. The number of aromatic nitrogens is 1. The van der Waals surface area contributed by atoms with Crippen LogP contribution in [0.4, 0.5) is 0 Å². The third kappa shape index (κ3) is 2.13. The lowest BCUT2D eigenvalue weighted by atomic mass is 9.89. The van der Waals surface area contributed by atoms with Crippen LogP contribution in [0.1, 0.15) is 49.9 Å². The summed E-state index contributed by atoms with van der Waals surface area (Å²) in [7, 11) is 0. The molecule has 2 bridgehead atoms. The largest absolute Gasteiger partial charge is 0.353 e. The summed E-state index contributed by atoms with van der Waals surface area (Å²) < 4.78 is 2.24. The Labute approximate surface area is 109 Å². The molecule has 0 radical (unpaired) electrons. The van der Waals surface area contributed by atoms with Crippen molar-refractivity contribution in [2.24, 2.45) is 23.7 Å². The molecular formula is C16H23NO. The number of ketones is 1. The number of fused-ring (bicyclic) bond motifs is 2. The number of Topliss-reactive ketones (excluding diaryl/α,β-unsaturated/α-hetero) is 1. The minimum absolute atomic E-state index is 0.100. The second-order valence-corrected chi connectivity index (χ2v) is 6.55. The highest BCUT2D eigenvalue weighted by Crippen LogP contribution is 2.48. The van der Waals surface area contributed by atoms with Crippen molar-refractivity contribution in [1.82, 2.24) is 4.57 Å². The van der Waals surface area contributed by atoms with Crippen LogP contribution in [0.25, 0.3) is 0 Å². The van der Waals surface area contributed by atoms with E-state index in [0.717, 1.165) is 29.9 Å². The van der Waals surface area contributed by atoms with Crippen LogP contribution in [0, 0.1) is 23.7 Å². The van der Waals surface area contributed by atoms with Gasteiger partial charge in [0.15, 0.2) is 5.78 Å². The van der Waals surface area contributed by atoms with Gasteiger partial charge in [-0.2, -0.15) is 0 Å². The van der Waals surface area contributed by atoms with E-state index in [4.69, 9.17) is 0 Å². The topological polar surface area (TPSA) is 22.0 Å². The van der Waals surface area contributed by atoms with Crippen molar-refractivity contribution in [3.63, 3.8) is 0 Å². The summed E-state index contributed by atoms with van der Waals surface area (Å²) in [6.45, 7) is 5.05. The molecule has 0 spiro atoms. The lowest BCUT2D eigenvalue weighted by Crippen LogP contribution is -2.16. The van der Waals surface area contributed by atoms with Crippen molar-refractivity contribution in [1.29, 1.82) is 0 Å². The first-order chi connectivity index (χ1) is 8.63. The average molecular weight is 245 g/mol. The lowest BCUT2D eigenvalue weighted by molar-refractivity contribution is 0.0939. The number of carbonyl (C=O) groups is 1. The third-order valence-electron chi connectivity index (χ3n) is 4.89. The Balaban J connectivity index is 1.65. The molecule has 3 rings (SSSR count). The quantitative estimate of drug-likeness (QED) is 0.740. The summed E-state index contributed by atoms with van der Waals surface area (Å²) in [6.07, 6.45) is 9.91. The number of hydrogen-bond donors (Lipinski definition) is 0. The molecule has 0 amide bonds. The Kier molecular flexibility index (Phi) is 3.04. The molecule has 98 valence electrons. The van der Waals surface area contributed by atoms with Gasteiger partial charge in [-0.1, -0.05) is 20.3 Å². The van der Waals surface area contributed by atoms with Crippen molar-refractivity contribution < 1.29 is 4.79 Å². The predicted octanol–water partition coefficient (Wildman–Crippen LogP) is 3.76. The fourth-order valence-electron chi connectivity index (χ4n) is 3.90. The molecule has 18 heavy (non-hydrogen) atoms. The van der Waals surface area contributed by atoms with Crippen LogP contribution in [0.3, 0.4) is 0 Å². The Morgan fingerprint density at radius 2 is 2.22 bits per heavy atom. The van der Waals surface area contributed by atoms with Crippen LogP contribution in [0.15, 0.2) is 18.5 Å². The number of hydrogen-bond acceptors (Lipinski definition) is 1. The van der Waals surface area contributed by atoms with Gasteiger partial charge in [-0.15, -0.1) is 0 Å². The molecule has 3 atom stereocenters. The standard InChI is InChI=1S/C16H23NO/c1-11(2)16(18)14-5-6-17(9-14)10-15-8-12-3-4-13(15)7-12/h5-6,9,11-13,15H,3-4,7-8,10H2,1-2H3. The summed E-state index contributed by atoms with van der Waals surface area (Å²) in [5.41, 5.74) is 0.883. The Bertz CT molecular complexity index is 446. The van der Waals surface area contributed by atoms with Crippen LogP contribution >= 0.6 is 0 Å². The highest BCUT2D eigenvalue weighted by atomic mass is 16.1. The second-order valence-electron chi connectivity index (χ2n) is 6.55. The molecule has 3 unspecified atom stereocenters. The van der Waals surface area contributed by atoms with E-state index in [9.17, 15) is 4.79 Å². The summed E-state index contributed by atoms with van der Waals surface area (Å²) in [6, 6.07) is 1.98. The highest BCUT2D eigenvalue weighted by Gasteiger charge is 2.39. The number of rotatable bonds is 4. The predicted molar refractivity (Wildman–Crippen MR) is 72.5 cm³/mol. The van der Waals surface area contributed by atoms with Gasteiger partial charge in [0.25, 0.3) is 0 Å². The van der Waals surface area contributed by atoms with E-state index in [2.05, 4.69) is 10.8 Å². The van der Waals surface area contributed by atoms with Gasteiger partial charge in [-0.05, 0) is 43.1 Å². The van der Waals surface area contributed by atoms with Gasteiger partial charge in [-0.3, -0.25) is 4.79 Å². The van der Waals surface area contributed by atoms with Crippen LogP contribution < -0.4 is 0 Å². The van der Waals surface area contributed by atoms with E-state index < -0.39 is 0 Å². The van der Waals surface area contributed by atoms with Gasteiger partial charge in [0.05, 0.1) is 0 Å². The van der Waals surface area contributed by atoms with Crippen LogP contribution in [-0.2, 0) is 6.54 Å². The minimum atomic E-state index is 0.100. The van der Waals surface area contributed by atoms with Gasteiger partial charge in [0.2, 0.25) is 0 Å². The first-order valence-electron chi connectivity index (χ1n) is 7.33. The van der Waals surface area contributed by atoms with Gasteiger partial charge in [0.1, 0.15) is 0 Å². The van der Waals surface area contributed by atoms with Gasteiger partial charge >= 0.3 is 0 Å². The first-order valence-corrected chi connectivity index (χ1v) is 7.33. The van der Waals surface area contributed by atoms with E-state index >= 15 is 0 Å². The minimum Gasteiger partial charge on any atom is -0.353 e. The first kappa shape index (κ1) is 12.0. The van der Waals surface area contributed by atoms with Gasteiger partial charge < -0.3 is 4.57 Å². The van der Waals surface area contributed by atoms with Crippen molar-refractivity contribution in [2.75, 3.05) is 0 Å². The summed E-state index contributed by atoms with van der Waals surface area (Å²) in [5.74, 6) is 3.19. The fraction of sp³-hybridized carbons (Fsp3) is 0.688. The highest BCUT2D eigenvalue weighted by molar-refractivity contribution is 5.97. The zero-order valence-electron chi connectivity index (χ0n) is 11.4. The van der Waals surface area contributed by atoms with E-state index in [1.165, 1.54) is 25.7 Å². The van der Waals surface area contributed by atoms with E-state index in [1.807, 2.05) is 26.1 Å². The van der Waals surface area contributed by atoms with Crippen LogP contribution in [-0.4, -0.2) is 10.4 Å². The SMILES string of the molecule is CC(C)C(=O)c1ccn(CC2CC3CCC2C3)c1. The third-order valence-corrected chi connectivity index (χ3v) is 4.89. The number of nitrogens with zero attached hydrogens (tertiary/aromatic N) is 1. The second kappa shape index (κ2) is 4.56.